The number of nitrogens with one attached hydrogen (secondary N) is 1. The first kappa shape index (κ1) is 15.2. The van der Waals surface area contributed by atoms with Gasteiger partial charge in [0, 0.05) is 23.6 Å². The Labute approximate surface area is 137 Å². The van der Waals surface area contributed by atoms with E-state index in [9.17, 15) is 9.59 Å². The van der Waals surface area contributed by atoms with Crippen LogP contribution < -0.4 is 5.32 Å². The number of nitrogens with zero attached hydrogens (tertiary/aromatic N) is 4. The number of aromatic nitrogens is 2. The molecule has 7 nitrogen and oxygen atoms in total. The maximum absolute atomic E-state index is 12.5. The summed E-state index contributed by atoms with van der Waals surface area (Å²) in [6, 6.07) is 7.01. The zero-order valence-electron chi connectivity index (χ0n) is 12.3. The molecule has 0 radical (unpaired) electrons. The molecule has 1 unspecified atom stereocenters. The Morgan fingerprint density at radius 3 is 3.13 bits per heavy atom. The smallest absolute Gasteiger partial charge is 0.248 e. The van der Waals surface area contributed by atoms with Crippen molar-refractivity contribution in [3.8, 4) is 6.07 Å². The summed E-state index contributed by atoms with van der Waals surface area (Å²) in [5.74, 6) is 0.142. The molecule has 2 amide bonds. The summed E-state index contributed by atoms with van der Waals surface area (Å²) >= 11 is 1.57. The number of likely N-dealkylation sites (tertiary alicyclic amines) is 1. The molecule has 118 valence electrons. The summed E-state index contributed by atoms with van der Waals surface area (Å²) in [7, 11) is 0. The molecule has 0 aliphatic carbocycles. The fraction of sp³-hybridized carbons (Fsp3) is 0.333. The molecule has 0 bridgehead atoms. The van der Waals surface area contributed by atoms with Gasteiger partial charge in [0.05, 0.1) is 12.6 Å². The van der Waals surface area contributed by atoms with Crippen molar-refractivity contribution in [2.24, 2.45) is 0 Å². The summed E-state index contributed by atoms with van der Waals surface area (Å²) in [5, 5.41) is 17.4. The van der Waals surface area contributed by atoms with Crippen LogP contribution in [0.4, 0.5) is 5.82 Å². The van der Waals surface area contributed by atoms with Gasteiger partial charge in [-0.15, -0.1) is 11.3 Å². The van der Waals surface area contributed by atoms with E-state index in [0.717, 1.165) is 4.88 Å². The number of thiophene rings is 1. The number of nitriles is 1. The van der Waals surface area contributed by atoms with Crippen LogP contribution in [0.15, 0.2) is 29.8 Å². The lowest BCUT2D eigenvalue weighted by Gasteiger charge is -2.23. The highest BCUT2D eigenvalue weighted by molar-refractivity contribution is 7.09. The molecule has 1 aliphatic rings. The molecule has 2 aromatic rings. The predicted octanol–water partition coefficient (Wildman–Crippen LogP) is 1.60. The molecule has 0 saturated carbocycles. The Balaban J connectivity index is 1.67. The molecular formula is C15H15N5O2S. The zero-order chi connectivity index (χ0) is 16.2. The van der Waals surface area contributed by atoms with E-state index < -0.39 is 6.04 Å². The third-order valence-electron chi connectivity index (χ3n) is 3.66. The van der Waals surface area contributed by atoms with E-state index >= 15 is 0 Å². The number of carbonyl (C=O) groups is 2. The first-order valence-corrected chi connectivity index (χ1v) is 8.08. The van der Waals surface area contributed by atoms with Gasteiger partial charge in [-0.3, -0.25) is 14.3 Å². The maximum atomic E-state index is 12.5. The first-order valence-electron chi connectivity index (χ1n) is 7.20. The summed E-state index contributed by atoms with van der Waals surface area (Å²) in [6.07, 6.45) is 2.52. The lowest BCUT2D eigenvalue weighted by Crippen LogP contribution is -2.41. The molecule has 3 rings (SSSR count). The molecule has 0 spiro atoms. The fourth-order valence-corrected chi connectivity index (χ4v) is 3.28. The summed E-state index contributed by atoms with van der Waals surface area (Å²) in [5.41, 5.74) is 0. The molecule has 1 atom stereocenters. The minimum absolute atomic E-state index is 0.00596. The Hall–Kier alpha value is -2.66. The number of anilines is 1. The van der Waals surface area contributed by atoms with Gasteiger partial charge in [-0.2, -0.15) is 10.4 Å². The lowest BCUT2D eigenvalue weighted by atomic mass is 10.2. The Bertz CT molecular complexity index is 746. The third kappa shape index (κ3) is 3.40. The van der Waals surface area contributed by atoms with Gasteiger partial charge < -0.3 is 10.2 Å². The largest absolute Gasteiger partial charge is 0.325 e. The van der Waals surface area contributed by atoms with E-state index in [0.29, 0.717) is 25.2 Å². The maximum Gasteiger partial charge on any atom is 0.248 e. The highest BCUT2D eigenvalue weighted by Gasteiger charge is 2.36. The Morgan fingerprint density at radius 1 is 1.52 bits per heavy atom. The van der Waals surface area contributed by atoms with Gasteiger partial charge in [0.2, 0.25) is 11.8 Å². The van der Waals surface area contributed by atoms with Gasteiger partial charge >= 0.3 is 0 Å². The average molecular weight is 329 g/mol. The highest BCUT2D eigenvalue weighted by atomic mass is 32.1. The van der Waals surface area contributed by atoms with Crippen LogP contribution in [0.2, 0.25) is 0 Å². The van der Waals surface area contributed by atoms with Crippen molar-refractivity contribution in [2.75, 3.05) is 5.32 Å². The normalized spacial score (nSPS) is 17.3. The monoisotopic (exact) mass is 329 g/mol. The molecule has 0 aromatic carbocycles. The fourth-order valence-electron chi connectivity index (χ4n) is 2.57. The second-order valence-electron chi connectivity index (χ2n) is 5.20. The quantitative estimate of drug-likeness (QED) is 0.902. The second-order valence-corrected chi connectivity index (χ2v) is 6.23. The van der Waals surface area contributed by atoms with Crippen molar-refractivity contribution in [3.63, 3.8) is 0 Å². The van der Waals surface area contributed by atoms with Gasteiger partial charge in [0.25, 0.3) is 0 Å². The zero-order valence-corrected chi connectivity index (χ0v) is 13.1. The van der Waals surface area contributed by atoms with Crippen LogP contribution in [0, 0.1) is 11.3 Å². The van der Waals surface area contributed by atoms with Gasteiger partial charge in [-0.1, -0.05) is 6.07 Å². The van der Waals surface area contributed by atoms with Crippen molar-refractivity contribution >= 4 is 29.0 Å². The number of rotatable bonds is 5. The van der Waals surface area contributed by atoms with Crippen molar-refractivity contribution in [2.45, 2.75) is 32.0 Å². The average Bonchev–Trinajstić information content (AvgIpc) is 3.24. The van der Waals surface area contributed by atoms with Crippen molar-refractivity contribution in [3.05, 3.63) is 34.7 Å². The highest BCUT2D eigenvalue weighted by Crippen LogP contribution is 2.24. The van der Waals surface area contributed by atoms with E-state index in [2.05, 4.69) is 10.4 Å². The molecule has 1 N–H and O–H groups in total. The number of carbonyl (C=O) groups excluding carboxylic acids is 2. The summed E-state index contributed by atoms with van der Waals surface area (Å²) in [4.78, 5) is 27.2. The van der Waals surface area contributed by atoms with Crippen LogP contribution in [0.5, 0.6) is 0 Å². The minimum atomic E-state index is -0.481. The van der Waals surface area contributed by atoms with Crippen LogP contribution in [-0.4, -0.2) is 32.5 Å². The lowest BCUT2D eigenvalue weighted by molar-refractivity contribution is -0.133. The van der Waals surface area contributed by atoms with E-state index in [1.54, 1.807) is 28.5 Å². The molecule has 23 heavy (non-hydrogen) atoms. The standard InChI is InChI=1S/C15H15N5O2S/c16-6-8-19-7-5-13(18-19)17-15(22)12-3-4-14(21)20(12)10-11-2-1-9-23-11/h1-2,5,7,9,12H,3-4,8,10H2,(H,17,18,22). The second kappa shape index (κ2) is 6.62. The first-order chi connectivity index (χ1) is 11.2. The van der Waals surface area contributed by atoms with E-state index in [-0.39, 0.29) is 18.4 Å². The van der Waals surface area contributed by atoms with Crippen LogP contribution in [0.3, 0.4) is 0 Å². The minimum Gasteiger partial charge on any atom is -0.325 e. The molecule has 1 fully saturated rings. The van der Waals surface area contributed by atoms with Crippen molar-refractivity contribution in [1.29, 1.82) is 5.26 Å². The van der Waals surface area contributed by atoms with Crippen LogP contribution in [0.1, 0.15) is 17.7 Å². The summed E-state index contributed by atoms with van der Waals surface area (Å²) in [6.45, 7) is 0.583. The molecular weight excluding hydrogens is 314 g/mol. The van der Waals surface area contributed by atoms with Gasteiger partial charge in [0.1, 0.15) is 12.6 Å². The molecule has 1 saturated heterocycles. The van der Waals surface area contributed by atoms with E-state index in [1.165, 1.54) is 4.68 Å². The Kier molecular flexibility index (Phi) is 4.39. The Morgan fingerprint density at radius 2 is 2.39 bits per heavy atom. The topological polar surface area (TPSA) is 91.0 Å². The van der Waals surface area contributed by atoms with Crippen molar-refractivity contribution < 1.29 is 9.59 Å². The van der Waals surface area contributed by atoms with Crippen LogP contribution in [0.25, 0.3) is 0 Å². The van der Waals surface area contributed by atoms with Crippen molar-refractivity contribution in [1.82, 2.24) is 14.7 Å². The van der Waals surface area contributed by atoms with Crippen LogP contribution >= 0.6 is 11.3 Å². The SMILES string of the molecule is N#CCn1ccc(NC(=O)C2CCC(=O)N2Cc2cccs2)n1. The van der Waals surface area contributed by atoms with E-state index in [1.807, 2.05) is 23.6 Å². The molecule has 3 heterocycles. The molecule has 2 aromatic heterocycles. The van der Waals surface area contributed by atoms with Gasteiger partial charge in [-0.25, -0.2) is 0 Å². The predicted molar refractivity (Wildman–Crippen MR) is 84.4 cm³/mol. The third-order valence-corrected chi connectivity index (χ3v) is 4.52. The van der Waals surface area contributed by atoms with E-state index in [4.69, 9.17) is 5.26 Å². The van der Waals surface area contributed by atoms with Gasteiger partial charge in [0.15, 0.2) is 5.82 Å². The molecule has 1 aliphatic heterocycles. The van der Waals surface area contributed by atoms with Gasteiger partial charge in [-0.05, 0) is 17.9 Å². The number of amides is 2. The number of hydrogen-bond acceptors (Lipinski definition) is 5. The van der Waals surface area contributed by atoms with Crippen LogP contribution in [-0.2, 0) is 22.7 Å². The molecule has 8 heteroatoms. The summed E-state index contributed by atoms with van der Waals surface area (Å²) < 4.78 is 1.44. The number of hydrogen-bond donors (Lipinski definition) is 1.